The van der Waals surface area contributed by atoms with Crippen molar-refractivity contribution in [3.8, 4) is 11.5 Å². The molecule has 3 aromatic rings. The van der Waals surface area contributed by atoms with E-state index in [4.69, 9.17) is 21.1 Å². The molecule has 9 nitrogen and oxygen atoms in total. The van der Waals surface area contributed by atoms with Crippen LogP contribution in [-0.2, 0) is 29.3 Å². The topological polar surface area (TPSA) is 96.9 Å². The van der Waals surface area contributed by atoms with Gasteiger partial charge in [0.15, 0.2) is 0 Å². The second-order valence-electron chi connectivity index (χ2n) is 8.24. The molecule has 0 amide bonds. The highest BCUT2D eigenvalue weighted by Gasteiger charge is 2.38. The first-order chi connectivity index (χ1) is 17.3. The van der Waals surface area contributed by atoms with Crippen molar-refractivity contribution < 1.29 is 31.1 Å². The molecular formula is C23H23ClF3N5O4S. The van der Waals surface area contributed by atoms with Crippen molar-refractivity contribution in [2.45, 2.75) is 19.3 Å². The van der Waals surface area contributed by atoms with Gasteiger partial charge in [-0.2, -0.15) is 18.2 Å². The van der Waals surface area contributed by atoms with Crippen LogP contribution in [0.5, 0.6) is 11.5 Å². The first kappa shape index (κ1) is 26.6. The van der Waals surface area contributed by atoms with E-state index in [1.807, 2.05) is 0 Å². The van der Waals surface area contributed by atoms with Crippen LogP contribution >= 0.6 is 11.6 Å². The second-order valence-corrected chi connectivity index (χ2v) is 10.7. The molecule has 1 aliphatic rings. The number of sulfonamides is 1. The number of aromatic nitrogens is 2. The summed E-state index contributed by atoms with van der Waals surface area (Å²) in [5.74, 6) is 0.150. The Morgan fingerprint density at radius 3 is 2.46 bits per heavy atom. The van der Waals surface area contributed by atoms with Crippen LogP contribution < -0.4 is 24.0 Å². The maximum absolute atomic E-state index is 13.9. The smallest absolute Gasteiger partial charge is 0.421 e. The largest absolute Gasteiger partial charge is 0.495 e. The molecule has 0 saturated carbocycles. The molecular weight excluding hydrogens is 535 g/mol. The van der Waals surface area contributed by atoms with Crippen molar-refractivity contribution in [2.75, 3.05) is 42.0 Å². The maximum Gasteiger partial charge on any atom is 0.421 e. The van der Waals surface area contributed by atoms with E-state index in [9.17, 15) is 21.6 Å². The van der Waals surface area contributed by atoms with E-state index in [0.29, 0.717) is 40.2 Å². The van der Waals surface area contributed by atoms with Gasteiger partial charge in [-0.25, -0.2) is 13.4 Å². The molecule has 0 bridgehead atoms. The number of methoxy groups -OCH3 is 2. The van der Waals surface area contributed by atoms with Crippen molar-refractivity contribution in [1.82, 2.24) is 9.97 Å². The lowest BCUT2D eigenvalue weighted by Crippen LogP contribution is -2.26. The van der Waals surface area contributed by atoms with Crippen molar-refractivity contribution in [3.05, 3.63) is 58.2 Å². The quantitative estimate of drug-likeness (QED) is 0.441. The van der Waals surface area contributed by atoms with Crippen LogP contribution in [0.2, 0.25) is 5.02 Å². The first-order valence-electron chi connectivity index (χ1n) is 10.8. The molecule has 0 fully saturated rings. The number of rotatable bonds is 7. The van der Waals surface area contributed by atoms with Gasteiger partial charge in [0.05, 0.1) is 36.9 Å². The summed E-state index contributed by atoms with van der Waals surface area (Å²) >= 11 is 6.14. The summed E-state index contributed by atoms with van der Waals surface area (Å²) < 4.78 is 77.7. The molecule has 1 aromatic heterocycles. The van der Waals surface area contributed by atoms with Crippen LogP contribution in [0.3, 0.4) is 0 Å². The number of nitrogens with one attached hydrogen (secondary N) is 1. The van der Waals surface area contributed by atoms with E-state index < -0.39 is 21.8 Å². The van der Waals surface area contributed by atoms with Gasteiger partial charge < -0.3 is 19.7 Å². The molecule has 1 N–H and O–H groups in total. The number of hydrogen-bond donors (Lipinski definition) is 1. The molecule has 2 aromatic carbocycles. The van der Waals surface area contributed by atoms with Gasteiger partial charge in [0, 0.05) is 44.0 Å². The number of alkyl halides is 3. The Morgan fingerprint density at radius 1 is 1.14 bits per heavy atom. The van der Waals surface area contributed by atoms with E-state index in [1.54, 1.807) is 18.2 Å². The standard InChI is InChI=1S/C23H23ClF3N5O4S/c1-31(37(4,33)34)18-7-5-6-13-11-32(12-14(13)18)21-15(23(25,26)27)10-28-22(30-21)29-17-9-19(35-2)16(24)8-20(17)36-3/h5-10H,11-12H2,1-4H3,(H,28,29,30). The zero-order valence-electron chi connectivity index (χ0n) is 20.2. The van der Waals surface area contributed by atoms with Crippen molar-refractivity contribution in [2.24, 2.45) is 0 Å². The molecule has 0 spiro atoms. The SMILES string of the molecule is COc1cc(Nc2ncc(C(F)(F)F)c(N3Cc4cccc(N(C)S(C)(=O)=O)c4C3)n2)c(OC)cc1Cl. The highest BCUT2D eigenvalue weighted by atomic mass is 35.5. The van der Waals surface area contributed by atoms with Crippen LogP contribution in [0.15, 0.2) is 36.5 Å². The minimum Gasteiger partial charge on any atom is -0.495 e. The zero-order chi connectivity index (χ0) is 27.1. The predicted octanol–water partition coefficient (Wildman–Crippen LogP) is 4.83. The number of nitrogens with zero attached hydrogens (tertiary/aromatic N) is 4. The van der Waals surface area contributed by atoms with Crippen molar-refractivity contribution in [1.29, 1.82) is 0 Å². The Hall–Kier alpha value is -3.45. The summed E-state index contributed by atoms with van der Waals surface area (Å²) in [6, 6.07) is 8.03. The van der Waals surface area contributed by atoms with Gasteiger partial charge in [-0.15, -0.1) is 0 Å². The van der Waals surface area contributed by atoms with Gasteiger partial charge in [0.2, 0.25) is 16.0 Å². The summed E-state index contributed by atoms with van der Waals surface area (Å²) in [4.78, 5) is 9.50. The molecule has 1 aliphatic heterocycles. The van der Waals surface area contributed by atoms with Gasteiger partial charge in [0.1, 0.15) is 22.9 Å². The Labute approximate surface area is 216 Å². The lowest BCUT2D eigenvalue weighted by molar-refractivity contribution is -0.137. The lowest BCUT2D eigenvalue weighted by Gasteiger charge is -2.23. The number of anilines is 4. The number of hydrogen-bond acceptors (Lipinski definition) is 8. The van der Waals surface area contributed by atoms with Gasteiger partial charge in [-0.3, -0.25) is 4.31 Å². The Balaban J connectivity index is 1.75. The second kappa shape index (κ2) is 9.78. The summed E-state index contributed by atoms with van der Waals surface area (Å²) in [5.41, 5.74) is 0.987. The van der Waals surface area contributed by atoms with E-state index in [0.717, 1.165) is 10.6 Å². The number of halogens is 4. The fourth-order valence-corrected chi connectivity index (χ4v) is 4.74. The number of fused-ring (bicyclic) bond motifs is 1. The molecule has 0 aliphatic carbocycles. The first-order valence-corrected chi connectivity index (χ1v) is 13.0. The van der Waals surface area contributed by atoms with Gasteiger partial charge in [-0.05, 0) is 11.6 Å². The third kappa shape index (κ3) is 5.32. The van der Waals surface area contributed by atoms with Crippen molar-refractivity contribution >= 4 is 44.8 Å². The van der Waals surface area contributed by atoms with E-state index >= 15 is 0 Å². The van der Waals surface area contributed by atoms with Crippen LogP contribution in [0.1, 0.15) is 16.7 Å². The highest BCUT2D eigenvalue weighted by Crippen LogP contribution is 2.42. The van der Waals surface area contributed by atoms with Crippen LogP contribution in [0.25, 0.3) is 0 Å². The summed E-state index contributed by atoms with van der Waals surface area (Å²) in [5, 5.41) is 3.15. The Morgan fingerprint density at radius 2 is 1.84 bits per heavy atom. The Bertz CT molecular complexity index is 1450. The van der Waals surface area contributed by atoms with Gasteiger partial charge >= 0.3 is 6.18 Å². The highest BCUT2D eigenvalue weighted by molar-refractivity contribution is 7.92. The molecule has 2 heterocycles. The summed E-state index contributed by atoms with van der Waals surface area (Å²) in [6.07, 6.45) is -2.96. The molecule has 0 atom stereocenters. The van der Waals surface area contributed by atoms with Crippen LogP contribution in [-0.4, -0.2) is 45.9 Å². The predicted molar refractivity (Wildman–Crippen MR) is 134 cm³/mol. The fraction of sp³-hybridized carbons (Fsp3) is 0.304. The summed E-state index contributed by atoms with van der Waals surface area (Å²) in [6.45, 7) is 0.112. The molecule has 0 saturated heterocycles. The van der Waals surface area contributed by atoms with Gasteiger partial charge in [0.25, 0.3) is 0 Å². The van der Waals surface area contributed by atoms with E-state index in [2.05, 4.69) is 15.3 Å². The molecule has 0 radical (unpaired) electrons. The monoisotopic (exact) mass is 557 g/mol. The molecule has 37 heavy (non-hydrogen) atoms. The molecule has 198 valence electrons. The average Bonchev–Trinajstić information content (AvgIpc) is 3.27. The maximum atomic E-state index is 13.9. The zero-order valence-corrected chi connectivity index (χ0v) is 21.8. The number of benzene rings is 2. The molecule has 14 heteroatoms. The average molecular weight is 558 g/mol. The number of ether oxygens (including phenoxy) is 2. The van der Waals surface area contributed by atoms with E-state index in [1.165, 1.54) is 38.3 Å². The lowest BCUT2D eigenvalue weighted by atomic mass is 10.1. The fourth-order valence-electron chi connectivity index (χ4n) is 3.98. The van der Waals surface area contributed by atoms with Crippen molar-refractivity contribution in [3.63, 3.8) is 0 Å². The van der Waals surface area contributed by atoms with Crippen LogP contribution in [0.4, 0.5) is 36.3 Å². The van der Waals surface area contributed by atoms with Crippen LogP contribution in [0, 0.1) is 0 Å². The summed E-state index contributed by atoms with van der Waals surface area (Å²) in [7, 11) is 0.651. The van der Waals surface area contributed by atoms with Gasteiger partial charge in [-0.1, -0.05) is 23.7 Å². The van der Waals surface area contributed by atoms with E-state index in [-0.39, 0.29) is 29.9 Å². The molecule has 0 unspecified atom stereocenters. The molecule has 4 rings (SSSR count). The Kier molecular flexibility index (Phi) is 7.04. The third-order valence-electron chi connectivity index (χ3n) is 5.89. The minimum absolute atomic E-state index is 0.0169. The third-order valence-corrected chi connectivity index (χ3v) is 7.38. The minimum atomic E-state index is -4.73. The normalized spacial score (nSPS) is 13.4.